The summed E-state index contributed by atoms with van der Waals surface area (Å²) in [6, 6.07) is 9.02. The van der Waals surface area contributed by atoms with Gasteiger partial charge in [-0.15, -0.1) is 0 Å². The molecule has 0 spiro atoms. The molecule has 0 fully saturated rings. The van der Waals surface area contributed by atoms with Crippen molar-refractivity contribution in [3.8, 4) is 6.07 Å². The van der Waals surface area contributed by atoms with Crippen molar-refractivity contribution in [2.45, 2.75) is 18.2 Å². The summed E-state index contributed by atoms with van der Waals surface area (Å²) in [5, 5.41) is 9.05. The highest BCUT2D eigenvalue weighted by Crippen LogP contribution is 2.37. The summed E-state index contributed by atoms with van der Waals surface area (Å²) in [5.74, 6) is -1.76. The Morgan fingerprint density at radius 2 is 1.85 bits per heavy atom. The molecule has 0 unspecified atom stereocenters. The molecule has 26 heavy (non-hydrogen) atoms. The van der Waals surface area contributed by atoms with E-state index in [1.54, 1.807) is 12.1 Å². The number of rotatable bonds is 3. The summed E-state index contributed by atoms with van der Waals surface area (Å²) in [4.78, 5) is -0.652. The molecule has 2 aromatic rings. The maximum atomic E-state index is 14.6. The Morgan fingerprint density at radius 1 is 1.12 bits per heavy atom. The van der Waals surface area contributed by atoms with Gasteiger partial charge in [0.05, 0.1) is 11.6 Å². The van der Waals surface area contributed by atoms with Gasteiger partial charge in [-0.05, 0) is 53.8 Å². The number of halogens is 2. The Bertz CT molecular complexity index is 1120. The van der Waals surface area contributed by atoms with Crippen LogP contribution in [-0.4, -0.2) is 14.7 Å². The smallest absolute Gasteiger partial charge is 0.178 e. The second-order valence-corrected chi connectivity index (χ2v) is 8.16. The van der Waals surface area contributed by atoms with E-state index in [4.69, 9.17) is 5.26 Å². The summed E-state index contributed by atoms with van der Waals surface area (Å²) >= 11 is 0. The Hall–Kier alpha value is -2.78. The molecule has 0 radical (unpaired) electrons. The Labute approximate surface area is 150 Å². The molecule has 0 saturated heterocycles. The largest absolute Gasteiger partial charge is 0.224 e. The van der Waals surface area contributed by atoms with Crippen LogP contribution in [0, 0.1) is 29.9 Å². The quantitative estimate of drug-likeness (QED) is 0.802. The molecular formula is C20H15F2NO2S. The molecule has 6 heteroatoms. The van der Waals surface area contributed by atoms with Gasteiger partial charge in [-0.1, -0.05) is 24.3 Å². The lowest BCUT2D eigenvalue weighted by Crippen LogP contribution is -2.04. The van der Waals surface area contributed by atoms with Gasteiger partial charge >= 0.3 is 0 Å². The Kier molecular flexibility index (Phi) is 4.51. The number of allylic oxidation sites excluding steroid dienone is 4. The fourth-order valence-corrected chi connectivity index (χ4v) is 3.76. The maximum absolute atomic E-state index is 14.6. The van der Waals surface area contributed by atoms with E-state index in [0.29, 0.717) is 17.6 Å². The molecule has 0 amide bonds. The highest BCUT2D eigenvalue weighted by molar-refractivity contribution is 7.90. The lowest BCUT2D eigenvalue weighted by Gasteiger charge is -2.12. The molecule has 0 aromatic heterocycles. The fraction of sp³-hybridized carbons (Fsp3) is 0.150. The normalized spacial score (nSPS) is 14.0. The first-order valence-corrected chi connectivity index (χ1v) is 9.72. The molecule has 0 bridgehead atoms. The van der Waals surface area contributed by atoms with Crippen molar-refractivity contribution in [1.82, 2.24) is 0 Å². The monoisotopic (exact) mass is 371 g/mol. The van der Waals surface area contributed by atoms with Crippen LogP contribution in [0.3, 0.4) is 0 Å². The highest BCUT2D eigenvalue weighted by atomic mass is 32.2. The molecule has 3 rings (SSSR count). The third-order valence-corrected chi connectivity index (χ3v) is 5.45. The van der Waals surface area contributed by atoms with E-state index in [9.17, 15) is 17.2 Å². The zero-order valence-electron chi connectivity index (χ0n) is 14.2. The topological polar surface area (TPSA) is 57.9 Å². The van der Waals surface area contributed by atoms with Crippen LogP contribution in [0.25, 0.3) is 11.1 Å². The Morgan fingerprint density at radius 3 is 2.46 bits per heavy atom. The van der Waals surface area contributed by atoms with Crippen molar-refractivity contribution in [3.63, 3.8) is 0 Å². The minimum atomic E-state index is -3.85. The van der Waals surface area contributed by atoms with E-state index in [1.807, 2.05) is 25.1 Å². The number of hydrogen-bond donors (Lipinski definition) is 0. The van der Waals surface area contributed by atoms with Crippen LogP contribution < -0.4 is 0 Å². The first kappa shape index (κ1) is 18.0. The molecule has 0 atom stereocenters. The molecule has 0 aliphatic heterocycles. The third kappa shape index (κ3) is 3.18. The second-order valence-electron chi connectivity index (χ2n) is 6.17. The predicted octanol–water partition coefficient (Wildman–Crippen LogP) is 4.42. The number of nitrogens with zero attached hydrogens (tertiary/aromatic N) is 1. The summed E-state index contributed by atoms with van der Waals surface area (Å²) in [6.45, 7) is 1.81. The zero-order valence-corrected chi connectivity index (χ0v) is 15.0. The van der Waals surface area contributed by atoms with E-state index in [-0.39, 0.29) is 5.56 Å². The van der Waals surface area contributed by atoms with Crippen molar-refractivity contribution < 1.29 is 17.2 Å². The zero-order chi connectivity index (χ0) is 19.1. The van der Waals surface area contributed by atoms with Crippen LogP contribution in [0.5, 0.6) is 0 Å². The van der Waals surface area contributed by atoms with Crippen molar-refractivity contribution in [2.75, 3.05) is 6.26 Å². The van der Waals surface area contributed by atoms with Crippen LogP contribution in [-0.2, 0) is 9.84 Å². The molecule has 3 nitrogen and oxygen atoms in total. The number of benzene rings is 2. The summed E-state index contributed by atoms with van der Waals surface area (Å²) < 4.78 is 51.9. The van der Waals surface area contributed by atoms with Crippen LogP contribution in [0.2, 0.25) is 0 Å². The lowest BCUT2D eigenvalue weighted by atomic mass is 9.94. The molecule has 1 aliphatic rings. The van der Waals surface area contributed by atoms with Gasteiger partial charge < -0.3 is 0 Å². The minimum Gasteiger partial charge on any atom is -0.224 e. The number of sulfone groups is 1. The van der Waals surface area contributed by atoms with Gasteiger partial charge in [-0.25, -0.2) is 17.2 Å². The Balaban J connectivity index is 2.17. The van der Waals surface area contributed by atoms with Crippen molar-refractivity contribution in [1.29, 1.82) is 5.26 Å². The summed E-state index contributed by atoms with van der Waals surface area (Å²) in [5.41, 5.74) is 3.46. The van der Waals surface area contributed by atoms with E-state index in [0.717, 1.165) is 35.1 Å². The third-order valence-electron chi connectivity index (χ3n) is 4.34. The molecule has 0 N–H and O–H groups in total. The average Bonchev–Trinajstić information content (AvgIpc) is 3.05. The van der Waals surface area contributed by atoms with E-state index in [1.165, 1.54) is 0 Å². The van der Waals surface area contributed by atoms with Gasteiger partial charge in [0.1, 0.15) is 16.5 Å². The predicted molar refractivity (Wildman–Crippen MR) is 95.9 cm³/mol. The van der Waals surface area contributed by atoms with Crippen LogP contribution in [0.4, 0.5) is 8.78 Å². The number of hydrogen-bond acceptors (Lipinski definition) is 3. The fourth-order valence-electron chi connectivity index (χ4n) is 3.03. The average molecular weight is 371 g/mol. The number of aryl methyl sites for hydroxylation is 1. The first-order valence-electron chi connectivity index (χ1n) is 7.82. The van der Waals surface area contributed by atoms with Gasteiger partial charge in [0.25, 0.3) is 0 Å². The van der Waals surface area contributed by atoms with E-state index < -0.39 is 26.4 Å². The van der Waals surface area contributed by atoms with Gasteiger partial charge in [0, 0.05) is 11.8 Å². The summed E-state index contributed by atoms with van der Waals surface area (Å²) in [6.07, 6.45) is 4.90. The molecule has 1 aliphatic carbocycles. The molecular weight excluding hydrogens is 356 g/mol. The second kappa shape index (κ2) is 6.50. The lowest BCUT2D eigenvalue weighted by molar-refractivity contribution is 0.554. The molecule has 2 aromatic carbocycles. The van der Waals surface area contributed by atoms with Gasteiger partial charge in [-0.2, -0.15) is 5.26 Å². The van der Waals surface area contributed by atoms with Gasteiger partial charge in [0.2, 0.25) is 0 Å². The molecule has 0 saturated carbocycles. The van der Waals surface area contributed by atoms with Gasteiger partial charge in [-0.3, -0.25) is 0 Å². The first-order chi connectivity index (χ1) is 12.2. The van der Waals surface area contributed by atoms with E-state index >= 15 is 0 Å². The SMILES string of the molecule is Cc1cc(C2=C(c3cc(F)c(S(C)(=O)=O)cc3F)CC=C2)ccc1C#N. The molecule has 0 heterocycles. The van der Waals surface area contributed by atoms with Crippen LogP contribution in [0.1, 0.15) is 28.7 Å². The highest BCUT2D eigenvalue weighted by Gasteiger charge is 2.22. The van der Waals surface area contributed by atoms with Gasteiger partial charge in [0.15, 0.2) is 9.84 Å². The van der Waals surface area contributed by atoms with Crippen molar-refractivity contribution in [3.05, 3.63) is 76.4 Å². The maximum Gasteiger partial charge on any atom is 0.178 e. The molecule has 132 valence electrons. The van der Waals surface area contributed by atoms with Crippen LogP contribution in [0.15, 0.2) is 47.4 Å². The van der Waals surface area contributed by atoms with E-state index in [2.05, 4.69) is 6.07 Å². The van der Waals surface area contributed by atoms with Crippen molar-refractivity contribution in [2.24, 2.45) is 0 Å². The van der Waals surface area contributed by atoms with Crippen molar-refractivity contribution >= 4 is 21.0 Å². The van der Waals surface area contributed by atoms with Crippen LogP contribution >= 0.6 is 0 Å². The minimum absolute atomic E-state index is 0.0388. The standard InChI is InChI=1S/C20H15F2NO2S/c1-12-8-13(6-7-14(12)11-23)15-4-3-5-16(15)17-9-19(22)20(10-18(17)21)26(2,24)25/h3-4,6-10H,5H2,1-2H3. The summed E-state index contributed by atoms with van der Waals surface area (Å²) in [7, 11) is -3.85. The number of nitriles is 1.